The Morgan fingerprint density at radius 2 is 1.97 bits per heavy atom. The number of ether oxygens (including phenoxy) is 1. The minimum absolute atomic E-state index is 0.332. The van der Waals surface area contributed by atoms with Crippen molar-refractivity contribution < 1.29 is 9.13 Å². The van der Waals surface area contributed by atoms with Crippen LogP contribution >= 0.6 is 0 Å². The number of nitrogens with zero attached hydrogens (tertiary/aromatic N) is 4. The van der Waals surface area contributed by atoms with Gasteiger partial charge >= 0.3 is 0 Å². The molecule has 1 aliphatic carbocycles. The number of allylic oxidation sites excluding steroid dienone is 3. The van der Waals surface area contributed by atoms with E-state index in [1.807, 2.05) is 61.5 Å². The molecule has 4 heterocycles. The van der Waals surface area contributed by atoms with E-state index in [9.17, 15) is 4.39 Å². The number of pyridine rings is 2. The number of fused-ring (bicyclic) bond motifs is 2. The van der Waals surface area contributed by atoms with E-state index in [0.29, 0.717) is 12.4 Å². The summed E-state index contributed by atoms with van der Waals surface area (Å²) in [5.41, 5.74) is 7.81. The summed E-state index contributed by atoms with van der Waals surface area (Å²) in [5.74, 6) is 0.183. The third kappa shape index (κ3) is 4.73. The highest BCUT2D eigenvalue weighted by atomic mass is 19.1. The van der Waals surface area contributed by atoms with Crippen LogP contribution in [0.15, 0.2) is 79.2 Å². The fourth-order valence-electron chi connectivity index (χ4n) is 4.64. The Morgan fingerprint density at radius 1 is 1.05 bits per heavy atom. The maximum absolute atomic E-state index is 14.7. The Balaban J connectivity index is 1.38. The van der Waals surface area contributed by atoms with Gasteiger partial charge in [-0.15, -0.1) is 0 Å². The number of aromatic nitrogens is 5. The van der Waals surface area contributed by atoms with Crippen LogP contribution in [0.3, 0.4) is 0 Å². The first-order chi connectivity index (χ1) is 18.5. The van der Waals surface area contributed by atoms with Crippen molar-refractivity contribution in [3.8, 4) is 28.5 Å². The Labute approximate surface area is 219 Å². The van der Waals surface area contributed by atoms with Gasteiger partial charge in [0.05, 0.1) is 28.8 Å². The summed E-state index contributed by atoms with van der Waals surface area (Å²) in [6.45, 7) is 1.23. The molecule has 0 atom stereocenters. The zero-order chi connectivity index (χ0) is 26.1. The molecule has 38 heavy (non-hydrogen) atoms. The number of hydrogen-bond acceptors (Lipinski definition) is 5. The fraction of sp³-hybridized carbons (Fsp3) is 0.167. The van der Waals surface area contributed by atoms with Gasteiger partial charge in [0.1, 0.15) is 23.9 Å². The highest BCUT2D eigenvalue weighted by Gasteiger charge is 2.20. The number of benzene rings is 1. The molecule has 0 fully saturated rings. The van der Waals surface area contributed by atoms with Crippen molar-refractivity contribution in [2.24, 2.45) is 0 Å². The first-order valence-corrected chi connectivity index (χ1v) is 12.5. The van der Waals surface area contributed by atoms with Crippen molar-refractivity contribution >= 4 is 16.5 Å². The van der Waals surface area contributed by atoms with E-state index in [-0.39, 0.29) is 5.82 Å². The number of hydrogen-bond donors (Lipinski definition) is 2. The van der Waals surface area contributed by atoms with Gasteiger partial charge in [0, 0.05) is 41.9 Å². The molecule has 7 nitrogen and oxygen atoms in total. The zero-order valence-corrected chi connectivity index (χ0v) is 21.2. The number of H-pyrrole nitrogens is 2. The summed E-state index contributed by atoms with van der Waals surface area (Å²) >= 11 is 0. The number of rotatable bonds is 7. The van der Waals surface area contributed by atoms with Gasteiger partial charge in [0.15, 0.2) is 0 Å². The molecule has 0 saturated heterocycles. The van der Waals surface area contributed by atoms with Gasteiger partial charge in [-0.05, 0) is 61.6 Å². The average molecular weight is 507 g/mol. The van der Waals surface area contributed by atoms with E-state index in [1.165, 1.54) is 6.07 Å². The van der Waals surface area contributed by atoms with Gasteiger partial charge in [-0.1, -0.05) is 24.3 Å². The first-order valence-electron chi connectivity index (χ1n) is 12.5. The van der Waals surface area contributed by atoms with Crippen molar-refractivity contribution in [2.75, 3.05) is 27.2 Å². The monoisotopic (exact) mass is 506 g/mol. The molecule has 0 radical (unpaired) electrons. The predicted octanol–water partition coefficient (Wildman–Crippen LogP) is 5.64. The van der Waals surface area contributed by atoms with Crippen LogP contribution in [-0.4, -0.2) is 57.3 Å². The molecule has 190 valence electrons. The highest BCUT2D eigenvalue weighted by molar-refractivity contribution is 5.95. The molecular weight excluding hydrogens is 479 g/mol. The summed E-state index contributed by atoms with van der Waals surface area (Å²) in [5, 5.41) is 8.64. The lowest BCUT2D eigenvalue weighted by Crippen LogP contribution is -2.19. The van der Waals surface area contributed by atoms with Crippen LogP contribution in [0.1, 0.15) is 16.8 Å². The lowest BCUT2D eigenvalue weighted by molar-refractivity contribution is 0.260. The van der Waals surface area contributed by atoms with Gasteiger partial charge in [0.2, 0.25) is 0 Å². The highest BCUT2D eigenvalue weighted by Crippen LogP contribution is 2.36. The van der Waals surface area contributed by atoms with Crippen LogP contribution in [-0.2, 0) is 6.42 Å². The zero-order valence-electron chi connectivity index (χ0n) is 21.2. The molecule has 6 rings (SSSR count). The van der Waals surface area contributed by atoms with Crippen LogP contribution in [0.5, 0.6) is 5.75 Å². The molecule has 0 unspecified atom stereocenters. The number of likely N-dealkylation sites (N-methyl/N-ethyl adjacent to an activating group) is 1. The largest absolute Gasteiger partial charge is 0.492 e. The maximum atomic E-state index is 14.7. The molecule has 0 bridgehead atoms. The second kappa shape index (κ2) is 10.1. The molecule has 2 N–H and O–H groups in total. The van der Waals surface area contributed by atoms with Crippen LogP contribution in [0.2, 0.25) is 0 Å². The van der Waals surface area contributed by atoms with Gasteiger partial charge in [-0.2, -0.15) is 5.10 Å². The molecular formula is C30H27FN6O. The molecule has 0 amide bonds. The Kier molecular flexibility index (Phi) is 6.31. The SMILES string of the molecule is CN(C)CCOc1cc(F)cc(C2=CC=CCc3[nH]c(-c4n[nH]c5cnc(-c6ccccn6)cc45)cc32)c1. The van der Waals surface area contributed by atoms with E-state index >= 15 is 0 Å². The smallest absolute Gasteiger partial charge is 0.127 e. The quantitative estimate of drug-likeness (QED) is 0.299. The van der Waals surface area contributed by atoms with Crippen molar-refractivity contribution in [1.82, 2.24) is 30.0 Å². The summed E-state index contributed by atoms with van der Waals surface area (Å²) in [4.78, 5) is 14.6. The van der Waals surface area contributed by atoms with Crippen molar-refractivity contribution in [3.63, 3.8) is 0 Å². The molecule has 1 aliphatic rings. The minimum Gasteiger partial charge on any atom is -0.492 e. The van der Waals surface area contributed by atoms with E-state index in [4.69, 9.17) is 4.74 Å². The summed E-state index contributed by atoms with van der Waals surface area (Å²) in [6.07, 6.45) is 10.4. The van der Waals surface area contributed by atoms with E-state index < -0.39 is 0 Å². The average Bonchev–Trinajstić information content (AvgIpc) is 3.47. The number of nitrogens with one attached hydrogen (secondary N) is 2. The van der Waals surface area contributed by atoms with E-state index in [0.717, 1.165) is 69.0 Å². The predicted molar refractivity (Wildman–Crippen MR) is 147 cm³/mol. The Hall–Kier alpha value is -4.56. The van der Waals surface area contributed by atoms with Crippen LogP contribution in [0.4, 0.5) is 4.39 Å². The van der Waals surface area contributed by atoms with Crippen LogP contribution in [0, 0.1) is 5.82 Å². The second-order valence-electron chi connectivity index (χ2n) is 9.52. The van der Waals surface area contributed by atoms with Crippen LogP contribution < -0.4 is 4.74 Å². The maximum Gasteiger partial charge on any atom is 0.127 e. The Morgan fingerprint density at radius 3 is 2.82 bits per heavy atom. The third-order valence-electron chi connectivity index (χ3n) is 6.53. The number of halogens is 1. The lowest BCUT2D eigenvalue weighted by Gasteiger charge is -2.13. The molecule has 8 heteroatoms. The third-order valence-corrected chi connectivity index (χ3v) is 6.53. The normalized spacial score (nSPS) is 13.0. The second-order valence-corrected chi connectivity index (χ2v) is 9.52. The molecule has 0 saturated carbocycles. The molecule has 0 aliphatic heterocycles. The summed E-state index contributed by atoms with van der Waals surface area (Å²) in [6, 6.07) is 14.7. The minimum atomic E-state index is -0.332. The number of aromatic amines is 2. The van der Waals surface area contributed by atoms with Gasteiger partial charge in [-0.3, -0.25) is 15.1 Å². The summed E-state index contributed by atoms with van der Waals surface area (Å²) in [7, 11) is 3.96. The lowest BCUT2D eigenvalue weighted by atomic mass is 9.97. The van der Waals surface area contributed by atoms with Gasteiger partial charge in [-0.25, -0.2) is 4.39 Å². The first kappa shape index (κ1) is 23.8. The Bertz CT molecular complexity index is 1670. The van der Waals surface area contributed by atoms with Crippen LogP contribution in [0.25, 0.3) is 39.3 Å². The molecule has 0 spiro atoms. The van der Waals surface area contributed by atoms with E-state index in [2.05, 4.69) is 37.3 Å². The standard InChI is InChI=1S/C30H27FN6O/c1-37(2)11-12-38-21-14-19(13-20(31)15-21)22-7-3-4-8-25-23(22)16-28(34-25)30-24-17-27(26-9-5-6-10-32-26)33-18-29(24)35-36-30/h3-7,9-10,13-18,34H,8,11-12H2,1-2H3,(H,35,36). The van der Waals surface area contributed by atoms with Gasteiger partial charge < -0.3 is 14.6 Å². The van der Waals surface area contributed by atoms with Gasteiger partial charge in [0.25, 0.3) is 0 Å². The molecule has 4 aromatic heterocycles. The molecule has 1 aromatic carbocycles. The molecule has 5 aromatic rings. The van der Waals surface area contributed by atoms with Crippen molar-refractivity contribution in [1.29, 1.82) is 0 Å². The summed E-state index contributed by atoms with van der Waals surface area (Å²) < 4.78 is 20.5. The van der Waals surface area contributed by atoms with Crippen molar-refractivity contribution in [2.45, 2.75) is 6.42 Å². The van der Waals surface area contributed by atoms with Crippen molar-refractivity contribution in [3.05, 3.63) is 102 Å². The fourth-order valence-corrected chi connectivity index (χ4v) is 4.64. The topological polar surface area (TPSA) is 82.7 Å². The van der Waals surface area contributed by atoms with E-state index in [1.54, 1.807) is 18.5 Å².